The van der Waals surface area contributed by atoms with Gasteiger partial charge in [-0.1, -0.05) is 170 Å². The van der Waals surface area contributed by atoms with Crippen molar-refractivity contribution in [3.63, 3.8) is 0 Å². The number of benzene rings is 8. The molecule has 2 unspecified atom stereocenters. The molecule has 2 atom stereocenters. The van der Waals surface area contributed by atoms with E-state index in [0.717, 1.165) is 78.0 Å². The van der Waals surface area contributed by atoms with Crippen LogP contribution in [0.3, 0.4) is 0 Å². The van der Waals surface area contributed by atoms with Crippen molar-refractivity contribution in [2.24, 2.45) is 4.99 Å². The number of aromatic nitrogens is 2. The van der Waals surface area contributed by atoms with Crippen molar-refractivity contribution in [2.75, 3.05) is 0 Å². The molecule has 10 aromatic rings. The van der Waals surface area contributed by atoms with E-state index in [1.807, 2.05) is 12.1 Å². The van der Waals surface area contributed by atoms with Crippen molar-refractivity contribution in [1.29, 1.82) is 0 Å². The van der Waals surface area contributed by atoms with Gasteiger partial charge < -0.3 is 5.32 Å². The number of para-hydroxylation sites is 1. The fraction of sp³-hybridized carbons (Fsp3) is 0.0727. The number of rotatable bonds is 6. The maximum atomic E-state index is 5.57. The Morgan fingerprint density at radius 1 is 0.400 bits per heavy atom. The van der Waals surface area contributed by atoms with E-state index in [4.69, 9.17) is 15.0 Å². The van der Waals surface area contributed by atoms with Crippen molar-refractivity contribution in [2.45, 2.75) is 26.2 Å². The van der Waals surface area contributed by atoms with E-state index in [9.17, 15) is 0 Å². The molecule has 5 nitrogen and oxygen atoms in total. The van der Waals surface area contributed by atoms with E-state index < -0.39 is 0 Å². The van der Waals surface area contributed by atoms with E-state index in [-0.39, 0.29) is 12.3 Å². The van der Waals surface area contributed by atoms with Crippen molar-refractivity contribution in [3.8, 4) is 33.6 Å². The van der Waals surface area contributed by atoms with Gasteiger partial charge in [0.2, 0.25) is 0 Å². The molecule has 0 saturated carbocycles. The quantitative estimate of drug-likeness (QED) is 0.131. The molecule has 0 fully saturated rings. The topological polar surface area (TPSA) is 62.2 Å². The molecule has 11 rings (SSSR count). The molecule has 8 aromatic carbocycles. The van der Waals surface area contributed by atoms with E-state index in [2.05, 4.69) is 200 Å². The molecule has 2 N–H and O–H groups in total. The van der Waals surface area contributed by atoms with Gasteiger partial charge in [0, 0.05) is 38.2 Å². The first-order valence-corrected chi connectivity index (χ1v) is 20.6. The Hall–Kier alpha value is -7.47. The van der Waals surface area contributed by atoms with Crippen LogP contribution in [0.4, 0.5) is 0 Å². The number of nitrogens with one attached hydrogen (secondary N) is 2. The molecule has 1 aliphatic rings. The van der Waals surface area contributed by atoms with Gasteiger partial charge >= 0.3 is 0 Å². The lowest BCUT2D eigenvalue weighted by Crippen LogP contribution is -2.44. The number of amidine groups is 1. The van der Waals surface area contributed by atoms with Gasteiger partial charge in [-0.25, -0.2) is 15.0 Å². The SMILES string of the molecule is Cc1c2c(-c3ccccc3)nc3cc(-c4cccc(C5NC(c6ccccc6)=NC(c6ccccc6)N5)c4)ccc3c2c(C)c2c(-c3ccccc3)nc3ccccc3c12. The summed E-state index contributed by atoms with van der Waals surface area (Å²) in [5, 5.41) is 14.6. The molecule has 0 amide bonds. The standard InChI is InChI=1S/C55H41N5/c1-34-47-43-28-15-16-29-45(43)56-51(36-18-7-3-8-19-36)49(47)35(2)48-44-31-30-41(33-46(44)57-52(50(34)48)37-20-9-4-10-21-37)40-26-17-27-42(32-40)55-59-53(38-22-11-5-12-23-38)58-54(60-55)39-24-13-6-14-25-39/h3-33,53,55,59H,1-2H3,(H,58,60). The van der Waals surface area contributed by atoms with Crippen LogP contribution in [0.2, 0.25) is 0 Å². The van der Waals surface area contributed by atoms with Gasteiger partial charge in [-0.2, -0.15) is 0 Å². The first-order chi connectivity index (χ1) is 29.6. The molecule has 3 heterocycles. The average Bonchev–Trinajstić information content (AvgIpc) is 3.33. The van der Waals surface area contributed by atoms with E-state index in [0.29, 0.717) is 0 Å². The highest BCUT2D eigenvalue weighted by molar-refractivity contribution is 6.25. The molecule has 0 spiro atoms. The van der Waals surface area contributed by atoms with Crippen LogP contribution in [-0.2, 0) is 0 Å². The van der Waals surface area contributed by atoms with Gasteiger partial charge in [-0.3, -0.25) is 5.32 Å². The van der Waals surface area contributed by atoms with Crippen molar-refractivity contribution in [1.82, 2.24) is 20.6 Å². The Morgan fingerprint density at radius 3 is 1.55 bits per heavy atom. The molecule has 60 heavy (non-hydrogen) atoms. The number of hydrogen-bond acceptors (Lipinski definition) is 5. The third kappa shape index (κ3) is 6.10. The smallest absolute Gasteiger partial charge is 0.131 e. The van der Waals surface area contributed by atoms with Gasteiger partial charge in [-0.15, -0.1) is 0 Å². The highest BCUT2D eigenvalue weighted by Crippen LogP contribution is 2.46. The number of nitrogens with zero attached hydrogens (tertiary/aromatic N) is 3. The summed E-state index contributed by atoms with van der Waals surface area (Å²) >= 11 is 0. The molecule has 0 saturated heterocycles. The normalized spacial score (nSPS) is 15.3. The van der Waals surface area contributed by atoms with Crippen molar-refractivity contribution >= 4 is 49.2 Å². The molecular weight excluding hydrogens is 731 g/mol. The van der Waals surface area contributed by atoms with Gasteiger partial charge in [-0.05, 0) is 76.2 Å². The van der Waals surface area contributed by atoms with E-state index in [1.165, 1.54) is 32.7 Å². The molecule has 0 radical (unpaired) electrons. The van der Waals surface area contributed by atoms with Crippen LogP contribution in [0.15, 0.2) is 193 Å². The predicted molar refractivity (Wildman–Crippen MR) is 249 cm³/mol. The molecular formula is C55H41N5. The Labute approximate surface area is 349 Å². The van der Waals surface area contributed by atoms with Crippen LogP contribution >= 0.6 is 0 Å². The van der Waals surface area contributed by atoms with Gasteiger partial charge in [0.1, 0.15) is 18.2 Å². The second-order valence-electron chi connectivity index (χ2n) is 15.7. The van der Waals surface area contributed by atoms with E-state index in [1.54, 1.807) is 0 Å². The lowest BCUT2D eigenvalue weighted by molar-refractivity contribution is 0.409. The number of aliphatic imine (C=N–C) groups is 1. The minimum Gasteiger partial charge on any atom is -0.350 e. The lowest BCUT2D eigenvalue weighted by Gasteiger charge is -2.32. The Bertz CT molecular complexity index is 3270. The Morgan fingerprint density at radius 2 is 0.900 bits per heavy atom. The first-order valence-electron chi connectivity index (χ1n) is 20.6. The molecule has 5 heteroatoms. The number of fused-ring (bicyclic) bond motifs is 6. The number of aryl methyl sites for hydroxylation is 2. The number of pyridine rings is 2. The average molecular weight is 772 g/mol. The molecule has 286 valence electrons. The fourth-order valence-electron chi connectivity index (χ4n) is 9.20. The predicted octanol–water partition coefficient (Wildman–Crippen LogP) is 13.0. The first kappa shape index (κ1) is 35.7. The zero-order chi connectivity index (χ0) is 40.2. The zero-order valence-corrected chi connectivity index (χ0v) is 33.4. The largest absolute Gasteiger partial charge is 0.350 e. The highest BCUT2D eigenvalue weighted by atomic mass is 15.3. The maximum absolute atomic E-state index is 5.57. The van der Waals surface area contributed by atoms with Crippen LogP contribution in [-0.4, -0.2) is 15.8 Å². The summed E-state index contributed by atoms with van der Waals surface area (Å²) in [5.74, 6) is 0.866. The highest BCUT2D eigenvalue weighted by Gasteiger charge is 2.26. The lowest BCUT2D eigenvalue weighted by atomic mass is 9.85. The molecule has 2 aromatic heterocycles. The third-order valence-corrected chi connectivity index (χ3v) is 12.1. The van der Waals surface area contributed by atoms with Gasteiger partial charge in [0.15, 0.2) is 0 Å². The van der Waals surface area contributed by atoms with Crippen LogP contribution in [0.25, 0.3) is 77.0 Å². The van der Waals surface area contributed by atoms with Gasteiger partial charge in [0.25, 0.3) is 0 Å². The van der Waals surface area contributed by atoms with Gasteiger partial charge in [0.05, 0.1) is 22.4 Å². The molecule has 1 aliphatic heterocycles. The maximum Gasteiger partial charge on any atom is 0.131 e. The van der Waals surface area contributed by atoms with Crippen LogP contribution < -0.4 is 10.6 Å². The van der Waals surface area contributed by atoms with Crippen molar-refractivity contribution in [3.05, 3.63) is 216 Å². The minimum atomic E-state index is -0.204. The molecule has 0 aliphatic carbocycles. The second kappa shape index (κ2) is 14.7. The summed E-state index contributed by atoms with van der Waals surface area (Å²) in [6.07, 6.45) is -0.373. The minimum absolute atomic E-state index is 0.169. The third-order valence-electron chi connectivity index (χ3n) is 12.1. The second-order valence-corrected chi connectivity index (χ2v) is 15.7. The Kier molecular flexibility index (Phi) is 8.75. The van der Waals surface area contributed by atoms with Crippen LogP contribution in [0.1, 0.15) is 40.1 Å². The van der Waals surface area contributed by atoms with Crippen LogP contribution in [0.5, 0.6) is 0 Å². The fourth-order valence-corrected chi connectivity index (χ4v) is 9.20. The van der Waals surface area contributed by atoms with Crippen molar-refractivity contribution < 1.29 is 0 Å². The molecule has 0 bridgehead atoms. The summed E-state index contributed by atoms with van der Waals surface area (Å²) in [4.78, 5) is 16.0. The summed E-state index contributed by atoms with van der Waals surface area (Å²) in [7, 11) is 0. The van der Waals surface area contributed by atoms with E-state index >= 15 is 0 Å². The Balaban J connectivity index is 1.10. The summed E-state index contributed by atoms with van der Waals surface area (Å²) in [6.45, 7) is 4.55. The summed E-state index contributed by atoms with van der Waals surface area (Å²) < 4.78 is 0. The zero-order valence-electron chi connectivity index (χ0n) is 33.4. The van der Waals surface area contributed by atoms with Crippen LogP contribution in [0, 0.1) is 13.8 Å². The summed E-state index contributed by atoms with van der Waals surface area (Å²) in [6, 6.07) is 66.2. The number of hydrogen-bond donors (Lipinski definition) is 2. The monoisotopic (exact) mass is 771 g/mol. The summed E-state index contributed by atoms with van der Waals surface area (Å²) in [5.41, 5.74) is 14.1.